The molecule has 25 heavy (non-hydrogen) atoms. The van der Waals surface area contributed by atoms with Crippen molar-refractivity contribution in [3.05, 3.63) is 63.7 Å². The Morgan fingerprint density at radius 3 is 2.44 bits per heavy atom. The fourth-order valence-electron chi connectivity index (χ4n) is 2.87. The van der Waals surface area contributed by atoms with Gasteiger partial charge >= 0.3 is 0 Å². The molecule has 2 rings (SSSR count). The van der Waals surface area contributed by atoms with Crippen LogP contribution in [-0.4, -0.2) is 12.0 Å². The van der Waals surface area contributed by atoms with E-state index in [4.69, 9.17) is 16.3 Å². The SMILES string of the molecule is CC[C@@H](Oc1ccc(Cl)c(C)c1)C(=O)N[C@@H](C)c1ccc(C)cc1C. The maximum absolute atomic E-state index is 12.6. The van der Waals surface area contributed by atoms with Crippen molar-refractivity contribution in [1.29, 1.82) is 0 Å². The third-order valence-corrected chi connectivity index (χ3v) is 4.75. The van der Waals surface area contributed by atoms with Gasteiger partial charge in [-0.3, -0.25) is 4.79 Å². The highest BCUT2D eigenvalue weighted by atomic mass is 35.5. The van der Waals surface area contributed by atoms with Crippen LogP contribution in [0.3, 0.4) is 0 Å². The molecule has 0 fully saturated rings. The zero-order valence-corrected chi connectivity index (χ0v) is 16.3. The van der Waals surface area contributed by atoms with Gasteiger partial charge in [0.25, 0.3) is 5.91 Å². The quantitative estimate of drug-likeness (QED) is 0.760. The highest BCUT2D eigenvalue weighted by Gasteiger charge is 2.21. The molecule has 0 unspecified atom stereocenters. The van der Waals surface area contributed by atoms with E-state index in [0.29, 0.717) is 17.2 Å². The fraction of sp³-hybridized carbons (Fsp3) is 0.381. The molecule has 2 aromatic carbocycles. The van der Waals surface area contributed by atoms with Crippen molar-refractivity contribution < 1.29 is 9.53 Å². The second-order valence-electron chi connectivity index (χ2n) is 6.52. The second-order valence-corrected chi connectivity index (χ2v) is 6.92. The Labute approximate surface area is 155 Å². The van der Waals surface area contributed by atoms with E-state index >= 15 is 0 Å². The molecule has 134 valence electrons. The van der Waals surface area contributed by atoms with Crippen LogP contribution in [0.2, 0.25) is 5.02 Å². The molecule has 0 saturated heterocycles. The van der Waals surface area contributed by atoms with Crippen LogP contribution in [0.25, 0.3) is 0 Å². The van der Waals surface area contributed by atoms with Gasteiger partial charge in [0.1, 0.15) is 5.75 Å². The Balaban J connectivity index is 2.07. The first-order valence-corrected chi connectivity index (χ1v) is 9.00. The lowest BCUT2D eigenvalue weighted by Gasteiger charge is -2.22. The van der Waals surface area contributed by atoms with Crippen LogP contribution in [-0.2, 0) is 4.79 Å². The molecule has 4 heteroatoms. The van der Waals surface area contributed by atoms with Crippen molar-refractivity contribution in [2.45, 2.75) is 53.2 Å². The van der Waals surface area contributed by atoms with Crippen molar-refractivity contribution in [2.75, 3.05) is 0 Å². The number of rotatable bonds is 6. The Morgan fingerprint density at radius 2 is 1.84 bits per heavy atom. The highest BCUT2D eigenvalue weighted by molar-refractivity contribution is 6.31. The predicted octanol–water partition coefficient (Wildman–Crippen LogP) is 5.30. The Morgan fingerprint density at radius 1 is 1.12 bits per heavy atom. The number of ether oxygens (including phenoxy) is 1. The molecule has 3 nitrogen and oxygen atoms in total. The minimum absolute atomic E-state index is 0.0716. The average molecular weight is 360 g/mol. The number of nitrogens with one attached hydrogen (secondary N) is 1. The number of carbonyl (C=O) groups is 1. The number of hydrogen-bond acceptors (Lipinski definition) is 2. The van der Waals surface area contributed by atoms with Gasteiger partial charge in [0.15, 0.2) is 6.10 Å². The molecule has 0 spiro atoms. The lowest BCUT2D eigenvalue weighted by Crippen LogP contribution is -2.39. The number of aryl methyl sites for hydroxylation is 3. The van der Waals surface area contributed by atoms with Gasteiger partial charge < -0.3 is 10.1 Å². The molecule has 1 N–H and O–H groups in total. The summed E-state index contributed by atoms with van der Waals surface area (Å²) in [6.45, 7) is 9.98. The summed E-state index contributed by atoms with van der Waals surface area (Å²) in [7, 11) is 0. The third-order valence-electron chi connectivity index (χ3n) is 4.32. The average Bonchev–Trinajstić information content (AvgIpc) is 2.55. The summed E-state index contributed by atoms with van der Waals surface area (Å²) in [5, 5.41) is 3.75. The summed E-state index contributed by atoms with van der Waals surface area (Å²) in [5.41, 5.74) is 4.44. The molecular formula is C21H26ClNO2. The summed E-state index contributed by atoms with van der Waals surface area (Å²) < 4.78 is 5.88. The third kappa shape index (κ3) is 4.99. The molecule has 0 aromatic heterocycles. The minimum atomic E-state index is -0.534. The molecule has 0 heterocycles. The summed E-state index contributed by atoms with van der Waals surface area (Å²) in [6, 6.07) is 11.6. The zero-order valence-electron chi connectivity index (χ0n) is 15.5. The number of halogens is 1. The molecule has 0 aliphatic rings. The zero-order chi connectivity index (χ0) is 18.6. The number of hydrogen-bond donors (Lipinski definition) is 1. The van der Waals surface area contributed by atoms with Gasteiger partial charge in [0.05, 0.1) is 6.04 Å². The van der Waals surface area contributed by atoms with E-state index in [2.05, 4.69) is 37.4 Å². The topological polar surface area (TPSA) is 38.3 Å². The molecule has 0 aliphatic heterocycles. The maximum atomic E-state index is 12.6. The normalized spacial score (nSPS) is 13.2. The largest absolute Gasteiger partial charge is 0.481 e. The first kappa shape index (κ1) is 19.3. The van der Waals surface area contributed by atoms with Crippen LogP contribution in [0.4, 0.5) is 0 Å². The molecule has 0 aliphatic carbocycles. The van der Waals surface area contributed by atoms with E-state index in [9.17, 15) is 4.79 Å². The summed E-state index contributed by atoms with van der Waals surface area (Å²) in [4.78, 5) is 12.6. The molecule has 2 aromatic rings. The summed E-state index contributed by atoms with van der Waals surface area (Å²) in [6.07, 6.45) is 0.0568. The van der Waals surface area contributed by atoms with Crippen LogP contribution in [0, 0.1) is 20.8 Å². The molecule has 0 saturated carbocycles. The molecule has 1 amide bonds. The number of amides is 1. The van der Waals surface area contributed by atoms with Gasteiger partial charge in [-0.25, -0.2) is 0 Å². The lowest BCUT2D eigenvalue weighted by molar-refractivity contribution is -0.128. The predicted molar refractivity (Wildman–Crippen MR) is 103 cm³/mol. The number of carbonyl (C=O) groups excluding carboxylic acids is 1. The van der Waals surface area contributed by atoms with Crippen LogP contribution in [0.1, 0.15) is 48.6 Å². The van der Waals surface area contributed by atoms with Crippen molar-refractivity contribution in [3.8, 4) is 5.75 Å². The highest BCUT2D eigenvalue weighted by Crippen LogP contribution is 2.23. The van der Waals surface area contributed by atoms with Crippen LogP contribution in [0.15, 0.2) is 36.4 Å². The van der Waals surface area contributed by atoms with Crippen molar-refractivity contribution in [2.24, 2.45) is 0 Å². The van der Waals surface area contributed by atoms with E-state index in [0.717, 1.165) is 11.1 Å². The smallest absolute Gasteiger partial charge is 0.261 e. The van der Waals surface area contributed by atoms with E-state index < -0.39 is 6.10 Å². The van der Waals surface area contributed by atoms with Gasteiger partial charge in [0, 0.05) is 5.02 Å². The van der Waals surface area contributed by atoms with Crippen molar-refractivity contribution in [1.82, 2.24) is 5.32 Å². The van der Waals surface area contributed by atoms with E-state index in [1.54, 1.807) is 12.1 Å². The van der Waals surface area contributed by atoms with Gasteiger partial charge in [-0.2, -0.15) is 0 Å². The fourth-order valence-corrected chi connectivity index (χ4v) is 2.99. The maximum Gasteiger partial charge on any atom is 0.261 e. The first-order valence-electron chi connectivity index (χ1n) is 8.62. The summed E-state index contributed by atoms with van der Waals surface area (Å²) >= 11 is 6.04. The van der Waals surface area contributed by atoms with Crippen molar-refractivity contribution >= 4 is 17.5 Å². The molecule has 2 atom stereocenters. The Hall–Kier alpha value is -2.00. The monoisotopic (exact) mass is 359 g/mol. The first-order chi connectivity index (χ1) is 11.8. The molecular weight excluding hydrogens is 334 g/mol. The van der Waals surface area contributed by atoms with Crippen LogP contribution in [0.5, 0.6) is 5.75 Å². The standard InChI is InChI=1S/C21H26ClNO2/c1-6-20(25-17-8-10-19(22)15(4)12-17)21(24)23-16(5)18-9-7-13(2)11-14(18)3/h7-12,16,20H,6H2,1-5H3,(H,23,24)/t16-,20+/m0/s1. The van der Waals surface area contributed by atoms with E-state index in [1.807, 2.05) is 26.8 Å². The summed E-state index contributed by atoms with van der Waals surface area (Å²) in [5.74, 6) is 0.547. The van der Waals surface area contributed by atoms with Gasteiger partial charge in [-0.05, 0) is 69.0 Å². The number of benzene rings is 2. The Kier molecular flexibility index (Phi) is 6.49. The van der Waals surface area contributed by atoms with Gasteiger partial charge in [-0.1, -0.05) is 42.3 Å². The van der Waals surface area contributed by atoms with Crippen LogP contribution < -0.4 is 10.1 Å². The van der Waals surface area contributed by atoms with Gasteiger partial charge in [0.2, 0.25) is 0 Å². The van der Waals surface area contributed by atoms with E-state index in [1.165, 1.54) is 11.1 Å². The van der Waals surface area contributed by atoms with Gasteiger partial charge in [-0.15, -0.1) is 0 Å². The van der Waals surface area contributed by atoms with E-state index in [-0.39, 0.29) is 11.9 Å². The second kappa shape index (κ2) is 8.39. The lowest BCUT2D eigenvalue weighted by atomic mass is 10.00. The Bertz CT molecular complexity index is 758. The minimum Gasteiger partial charge on any atom is -0.481 e. The van der Waals surface area contributed by atoms with Crippen LogP contribution >= 0.6 is 11.6 Å². The molecule has 0 radical (unpaired) electrons. The molecule has 0 bridgehead atoms. The van der Waals surface area contributed by atoms with Crippen molar-refractivity contribution in [3.63, 3.8) is 0 Å².